The van der Waals surface area contributed by atoms with Gasteiger partial charge in [0.25, 0.3) is 5.91 Å². The molecule has 0 spiro atoms. The largest absolute Gasteiger partial charge is 0.396 e. The molecule has 0 radical (unpaired) electrons. The molecule has 2 aromatic rings. The first-order chi connectivity index (χ1) is 10.2. The lowest BCUT2D eigenvalue weighted by Crippen LogP contribution is -2.29. The van der Waals surface area contributed by atoms with Gasteiger partial charge in [0.15, 0.2) is 0 Å². The van der Waals surface area contributed by atoms with Crippen LogP contribution in [0.2, 0.25) is 0 Å². The number of rotatable bonds is 3. The van der Waals surface area contributed by atoms with E-state index in [4.69, 9.17) is 10.8 Å². The summed E-state index contributed by atoms with van der Waals surface area (Å²) >= 11 is 0. The second kappa shape index (κ2) is 5.69. The number of nitrogen functional groups attached to an aromatic ring is 1. The number of fused-ring (bicyclic) bond motifs is 1. The predicted molar refractivity (Wildman–Crippen MR) is 81.9 cm³/mol. The fourth-order valence-corrected chi connectivity index (χ4v) is 2.99. The van der Waals surface area contributed by atoms with Crippen LogP contribution in [0.25, 0.3) is 10.8 Å². The average Bonchev–Trinajstić information content (AvgIpc) is 2.96. The van der Waals surface area contributed by atoms with Crippen molar-refractivity contribution in [1.29, 1.82) is 0 Å². The van der Waals surface area contributed by atoms with Crippen LogP contribution in [-0.2, 0) is 0 Å². The number of likely N-dealkylation sites (tertiary alicyclic amines) is 1. The van der Waals surface area contributed by atoms with Crippen molar-refractivity contribution in [2.75, 3.05) is 25.4 Å². The zero-order valence-electron chi connectivity index (χ0n) is 11.8. The molecule has 1 aromatic heterocycles. The molecule has 3 N–H and O–H groups in total. The Kier molecular flexibility index (Phi) is 3.75. The van der Waals surface area contributed by atoms with Gasteiger partial charge in [-0.05, 0) is 24.1 Å². The maximum Gasteiger partial charge on any atom is 0.256 e. The molecule has 0 aliphatic carbocycles. The Morgan fingerprint density at radius 2 is 2.14 bits per heavy atom. The minimum absolute atomic E-state index is 0.000796. The van der Waals surface area contributed by atoms with E-state index in [0.717, 1.165) is 30.2 Å². The van der Waals surface area contributed by atoms with Crippen molar-refractivity contribution in [3.63, 3.8) is 0 Å². The number of pyridine rings is 1. The molecule has 1 atom stereocenters. The summed E-state index contributed by atoms with van der Waals surface area (Å²) in [7, 11) is 0. The first kappa shape index (κ1) is 13.8. The topological polar surface area (TPSA) is 79.5 Å². The Morgan fingerprint density at radius 3 is 2.90 bits per heavy atom. The van der Waals surface area contributed by atoms with Crippen molar-refractivity contribution in [2.24, 2.45) is 5.92 Å². The number of nitrogens with zero attached hydrogens (tertiary/aromatic N) is 2. The van der Waals surface area contributed by atoms with Gasteiger partial charge in [-0.2, -0.15) is 0 Å². The lowest BCUT2D eigenvalue weighted by atomic mass is 10.1. The first-order valence-corrected chi connectivity index (χ1v) is 7.24. The molecular formula is C16H19N3O2. The molecule has 1 aliphatic heterocycles. The number of hydrogen-bond donors (Lipinski definition) is 2. The zero-order valence-corrected chi connectivity index (χ0v) is 11.8. The fourth-order valence-electron chi connectivity index (χ4n) is 2.99. The van der Waals surface area contributed by atoms with Crippen LogP contribution in [-0.4, -0.2) is 40.6 Å². The highest BCUT2D eigenvalue weighted by Crippen LogP contribution is 2.26. The summed E-state index contributed by atoms with van der Waals surface area (Å²) in [5.41, 5.74) is 6.48. The summed E-state index contributed by atoms with van der Waals surface area (Å²) in [4.78, 5) is 18.7. The molecule has 110 valence electrons. The van der Waals surface area contributed by atoms with Gasteiger partial charge in [0.1, 0.15) is 5.82 Å². The van der Waals surface area contributed by atoms with Gasteiger partial charge in [-0.3, -0.25) is 4.79 Å². The molecule has 1 unspecified atom stereocenters. The second-order valence-corrected chi connectivity index (χ2v) is 5.52. The van der Waals surface area contributed by atoms with Crippen molar-refractivity contribution >= 4 is 22.5 Å². The van der Waals surface area contributed by atoms with E-state index >= 15 is 0 Å². The number of hydrogen-bond acceptors (Lipinski definition) is 4. The average molecular weight is 285 g/mol. The summed E-state index contributed by atoms with van der Waals surface area (Å²) in [6.45, 7) is 1.62. The summed E-state index contributed by atoms with van der Waals surface area (Å²) in [5, 5.41) is 10.7. The normalized spacial score (nSPS) is 18.3. The third-order valence-electron chi connectivity index (χ3n) is 4.17. The quantitative estimate of drug-likeness (QED) is 0.899. The van der Waals surface area contributed by atoms with E-state index in [-0.39, 0.29) is 12.5 Å². The number of nitrogens with two attached hydrogens (primary N) is 1. The van der Waals surface area contributed by atoms with Gasteiger partial charge in [0.2, 0.25) is 0 Å². The van der Waals surface area contributed by atoms with Crippen LogP contribution in [0.1, 0.15) is 23.2 Å². The van der Waals surface area contributed by atoms with E-state index in [1.165, 1.54) is 0 Å². The zero-order chi connectivity index (χ0) is 14.8. The van der Waals surface area contributed by atoms with Crippen LogP contribution in [0.4, 0.5) is 5.82 Å². The summed E-state index contributed by atoms with van der Waals surface area (Å²) < 4.78 is 0. The van der Waals surface area contributed by atoms with Gasteiger partial charge in [-0.25, -0.2) is 4.98 Å². The van der Waals surface area contributed by atoms with E-state index < -0.39 is 0 Å². The van der Waals surface area contributed by atoms with Gasteiger partial charge in [-0.1, -0.05) is 24.3 Å². The summed E-state index contributed by atoms with van der Waals surface area (Å²) in [5.74, 6) is 0.841. The van der Waals surface area contributed by atoms with Gasteiger partial charge in [-0.15, -0.1) is 0 Å². The van der Waals surface area contributed by atoms with Crippen molar-refractivity contribution in [3.05, 3.63) is 36.0 Å². The van der Waals surface area contributed by atoms with Crippen molar-refractivity contribution in [1.82, 2.24) is 9.88 Å². The van der Waals surface area contributed by atoms with Crippen LogP contribution < -0.4 is 5.73 Å². The Balaban J connectivity index is 1.91. The number of aliphatic hydroxyl groups excluding tert-OH is 1. The molecule has 2 heterocycles. The molecule has 5 heteroatoms. The van der Waals surface area contributed by atoms with Crippen molar-refractivity contribution in [2.45, 2.75) is 12.8 Å². The number of carbonyl (C=O) groups is 1. The third-order valence-corrected chi connectivity index (χ3v) is 4.17. The third kappa shape index (κ3) is 2.56. The van der Waals surface area contributed by atoms with Crippen molar-refractivity contribution in [3.8, 4) is 0 Å². The SMILES string of the molecule is Nc1ncc(C(=O)N2CCC(CCO)C2)c2ccccc12. The standard InChI is InChI=1S/C16H19N3O2/c17-15-13-4-2-1-3-12(13)14(9-18-15)16(21)19-7-5-11(10-19)6-8-20/h1-4,9,11,20H,5-8,10H2,(H2,17,18). The maximum atomic E-state index is 12.7. The number of aliphatic hydroxyl groups is 1. The van der Waals surface area contributed by atoms with Crippen LogP contribution in [0.3, 0.4) is 0 Å². The number of benzene rings is 1. The minimum Gasteiger partial charge on any atom is -0.396 e. The van der Waals surface area contributed by atoms with Gasteiger partial charge < -0.3 is 15.7 Å². The predicted octanol–water partition coefficient (Wildman–Crippen LogP) is 1.66. The monoisotopic (exact) mass is 285 g/mol. The van der Waals surface area contributed by atoms with E-state index in [1.807, 2.05) is 29.2 Å². The molecule has 21 heavy (non-hydrogen) atoms. The second-order valence-electron chi connectivity index (χ2n) is 5.52. The molecule has 1 aromatic carbocycles. The number of aromatic nitrogens is 1. The van der Waals surface area contributed by atoms with Gasteiger partial charge in [0.05, 0.1) is 5.56 Å². The molecule has 0 saturated carbocycles. The highest BCUT2D eigenvalue weighted by Gasteiger charge is 2.27. The fraction of sp³-hybridized carbons (Fsp3) is 0.375. The Bertz CT molecular complexity index is 672. The lowest BCUT2D eigenvalue weighted by molar-refractivity contribution is 0.0786. The smallest absolute Gasteiger partial charge is 0.256 e. The van der Waals surface area contributed by atoms with Crippen LogP contribution >= 0.6 is 0 Å². The number of anilines is 1. The Morgan fingerprint density at radius 1 is 1.38 bits per heavy atom. The van der Waals surface area contributed by atoms with Gasteiger partial charge in [0, 0.05) is 31.3 Å². The summed E-state index contributed by atoms with van der Waals surface area (Å²) in [6, 6.07) is 7.58. The molecule has 3 rings (SSSR count). The molecule has 0 bridgehead atoms. The van der Waals surface area contributed by atoms with Crippen LogP contribution in [0.5, 0.6) is 0 Å². The van der Waals surface area contributed by atoms with Crippen molar-refractivity contribution < 1.29 is 9.90 Å². The van der Waals surface area contributed by atoms with E-state index in [0.29, 0.717) is 23.8 Å². The first-order valence-electron chi connectivity index (χ1n) is 7.24. The molecular weight excluding hydrogens is 266 g/mol. The maximum absolute atomic E-state index is 12.7. The molecule has 5 nitrogen and oxygen atoms in total. The Labute approximate surface area is 123 Å². The van der Waals surface area contributed by atoms with Gasteiger partial charge >= 0.3 is 0 Å². The molecule has 1 saturated heterocycles. The lowest BCUT2D eigenvalue weighted by Gasteiger charge is -2.17. The minimum atomic E-state index is -0.000796. The molecule has 1 aliphatic rings. The molecule has 1 fully saturated rings. The highest BCUT2D eigenvalue weighted by atomic mass is 16.3. The molecule has 1 amide bonds. The number of carbonyl (C=O) groups excluding carboxylic acids is 1. The van der Waals surface area contributed by atoms with E-state index in [9.17, 15) is 4.79 Å². The van der Waals surface area contributed by atoms with Crippen LogP contribution in [0, 0.1) is 5.92 Å². The van der Waals surface area contributed by atoms with Crippen LogP contribution in [0.15, 0.2) is 30.5 Å². The van der Waals surface area contributed by atoms with E-state index in [1.54, 1.807) is 6.20 Å². The number of amides is 1. The highest BCUT2D eigenvalue weighted by molar-refractivity contribution is 6.09. The Hall–Kier alpha value is -2.14. The van der Waals surface area contributed by atoms with E-state index in [2.05, 4.69) is 4.98 Å². The summed E-state index contributed by atoms with van der Waals surface area (Å²) in [6.07, 6.45) is 3.27.